The normalized spacial score (nSPS) is 12.9. The molecule has 6 aromatic rings. The van der Waals surface area contributed by atoms with E-state index in [0.717, 1.165) is 44.5 Å². The van der Waals surface area contributed by atoms with Gasteiger partial charge in [0.15, 0.2) is 0 Å². The Morgan fingerprint density at radius 1 is 0.811 bits per heavy atom. The molecule has 1 radical (unpaired) electrons. The second-order valence-electron chi connectivity index (χ2n) is 9.48. The zero-order valence-corrected chi connectivity index (χ0v) is 24.2. The van der Waals surface area contributed by atoms with Gasteiger partial charge in [0.2, 0.25) is 0 Å². The van der Waals surface area contributed by atoms with E-state index in [-0.39, 0.29) is 25.7 Å². The first kappa shape index (κ1) is 21.7. The van der Waals surface area contributed by atoms with Crippen LogP contribution in [0.4, 0.5) is 0 Å². The van der Waals surface area contributed by atoms with Crippen molar-refractivity contribution in [2.75, 3.05) is 0 Å². The van der Waals surface area contributed by atoms with Gasteiger partial charge in [0.25, 0.3) is 0 Å². The average molecular weight is 681 g/mol. The first-order valence-corrected chi connectivity index (χ1v) is 15.3. The van der Waals surface area contributed by atoms with E-state index in [2.05, 4.69) is 59.9 Å². The average Bonchev–Trinajstić information content (AvgIpc) is 3.32. The van der Waals surface area contributed by atoms with Gasteiger partial charge in [-0.3, -0.25) is 0 Å². The summed E-state index contributed by atoms with van der Waals surface area (Å²) in [5.41, 5.74) is 5.17. The Morgan fingerprint density at radius 2 is 1.68 bits per heavy atom. The van der Waals surface area contributed by atoms with Crippen LogP contribution < -0.4 is 5.19 Å². The summed E-state index contributed by atoms with van der Waals surface area (Å²) in [6.07, 6.45) is 3.05. The molecule has 0 unspecified atom stereocenters. The van der Waals surface area contributed by atoms with Gasteiger partial charge in [-0.1, -0.05) is 73.0 Å². The molecule has 187 valence electrons. The predicted molar refractivity (Wildman–Crippen MR) is 152 cm³/mol. The van der Waals surface area contributed by atoms with Crippen molar-refractivity contribution in [2.24, 2.45) is 0 Å². The Hall–Kier alpha value is -3.37. The van der Waals surface area contributed by atoms with Gasteiger partial charge in [-0.25, -0.2) is 0 Å². The Bertz CT molecular complexity index is 1780. The van der Waals surface area contributed by atoms with Crippen molar-refractivity contribution in [3.8, 4) is 22.5 Å². The molecule has 3 nitrogen and oxygen atoms in total. The second-order valence-corrected chi connectivity index (χ2v) is 14.5. The summed E-state index contributed by atoms with van der Waals surface area (Å²) < 4.78 is 35.9. The van der Waals surface area contributed by atoms with Gasteiger partial charge in [0.05, 0.1) is 15.0 Å². The van der Waals surface area contributed by atoms with Gasteiger partial charge in [0, 0.05) is 42.0 Å². The number of pyridine rings is 2. The molecule has 0 spiro atoms. The second kappa shape index (κ2) is 11.3. The Labute approximate surface area is 238 Å². The van der Waals surface area contributed by atoms with Crippen molar-refractivity contribution < 1.29 is 30.0 Å². The molecule has 5 heteroatoms. The summed E-state index contributed by atoms with van der Waals surface area (Å²) in [4.78, 5) is 8.52. The molecular formula is C32H28IrN2OSi-2. The number of aromatic nitrogens is 2. The van der Waals surface area contributed by atoms with Gasteiger partial charge < -0.3 is 14.4 Å². The van der Waals surface area contributed by atoms with Crippen LogP contribution in [0.15, 0.2) is 102 Å². The van der Waals surface area contributed by atoms with E-state index in [4.69, 9.17) is 9.90 Å². The molecule has 37 heavy (non-hydrogen) atoms. The molecule has 0 bridgehead atoms. The number of para-hydroxylation sites is 1. The van der Waals surface area contributed by atoms with Crippen molar-refractivity contribution in [1.29, 1.82) is 0 Å². The summed E-state index contributed by atoms with van der Waals surface area (Å²) in [7, 11) is -1.52. The van der Waals surface area contributed by atoms with Crippen LogP contribution in [0.1, 0.15) is 11.0 Å². The standard InChI is InChI=1S/C20H18NOSi.C12H10N.Ir/c1-23(2,3)18-12-7-9-15-14-8-6-10-16(19(14)22-20(15)18)17-11-4-5-13-21-17;1-10-7-8-12(13-9-10)11-5-3-2-4-6-11;/h4-9,11-13H,1-3H3;2-5,7-9H,1H3;/q2*-1;/i4D;1D3;. The SMILES string of the molecule is [2H]C([2H])([2H])c1ccc(-c2[c-]cccc2)nc1.[2H]c1ccnc(-c2[c-]ccc3c2oc2c([Si](C)(C)C)cccc23)c1.[Ir]. The number of hydrogen-bond acceptors (Lipinski definition) is 3. The van der Waals surface area contributed by atoms with Gasteiger partial charge >= 0.3 is 0 Å². The third kappa shape index (κ3) is 5.80. The zero-order chi connectivity index (χ0) is 28.5. The van der Waals surface area contributed by atoms with Crippen LogP contribution in [0.3, 0.4) is 0 Å². The summed E-state index contributed by atoms with van der Waals surface area (Å²) >= 11 is 0. The minimum atomic E-state index is -2.09. The van der Waals surface area contributed by atoms with Crippen molar-refractivity contribution in [3.05, 3.63) is 115 Å². The number of hydrogen-bond donors (Lipinski definition) is 0. The molecule has 0 aliphatic rings. The molecule has 0 atom stereocenters. The molecule has 0 saturated carbocycles. The van der Waals surface area contributed by atoms with E-state index in [1.165, 1.54) is 11.4 Å². The maximum Gasteiger partial charge on any atom is 0.120 e. The molecule has 0 aliphatic carbocycles. The van der Waals surface area contributed by atoms with Crippen molar-refractivity contribution in [1.82, 2.24) is 9.97 Å². The molecule has 6 rings (SSSR count). The van der Waals surface area contributed by atoms with Crippen LogP contribution in [0.2, 0.25) is 19.6 Å². The van der Waals surface area contributed by atoms with Gasteiger partial charge in [0.1, 0.15) is 5.58 Å². The first-order chi connectivity index (χ1) is 19.0. The molecule has 0 saturated heterocycles. The summed E-state index contributed by atoms with van der Waals surface area (Å²) in [5, 5.41) is 3.54. The Balaban J connectivity index is 0.000000200. The molecule has 3 aromatic heterocycles. The van der Waals surface area contributed by atoms with Crippen LogP contribution in [0, 0.1) is 19.0 Å². The quantitative estimate of drug-likeness (QED) is 0.141. The van der Waals surface area contributed by atoms with Crippen molar-refractivity contribution in [2.45, 2.75) is 26.5 Å². The number of benzene rings is 3. The van der Waals surface area contributed by atoms with E-state index in [1.807, 2.05) is 30.3 Å². The summed E-state index contributed by atoms with van der Waals surface area (Å²) in [6, 6.07) is 31.2. The maximum atomic E-state index is 7.84. The molecule has 3 aromatic carbocycles. The van der Waals surface area contributed by atoms with Crippen LogP contribution in [0.25, 0.3) is 44.5 Å². The van der Waals surface area contributed by atoms with Crippen LogP contribution >= 0.6 is 0 Å². The zero-order valence-electron chi connectivity index (χ0n) is 24.8. The number of aryl methyl sites for hydroxylation is 1. The minimum Gasteiger partial charge on any atom is -0.501 e. The predicted octanol–water partition coefficient (Wildman–Crippen LogP) is 7.85. The number of furan rings is 1. The van der Waals surface area contributed by atoms with Crippen LogP contribution in [-0.4, -0.2) is 18.0 Å². The summed E-state index contributed by atoms with van der Waals surface area (Å²) in [6.45, 7) is 4.89. The van der Waals surface area contributed by atoms with E-state index in [0.29, 0.717) is 6.04 Å². The molecule has 0 fully saturated rings. The first-order valence-electron chi connectivity index (χ1n) is 13.8. The van der Waals surface area contributed by atoms with E-state index < -0.39 is 14.9 Å². The van der Waals surface area contributed by atoms with Gasteiger partial charge in [-0.15, -0.1) is 54.1 Å². The summed E-state index contributed by atoms with van der Waals surface area (Å²) in [5.74, 6) is 0. The third-order valence-corrected chi connectivity index (χ3v) is 7.89. The molecule has 0 amide bonds. The van der Waals surface area contributed by atoms with Crippen LogP contribution in [0.5, 0.6) is 0 Å². The fourth-order valence-corrected chi connectivity index (χ4v) is 5.57. The molecule has 3 heterocycles. The molecule has 0 N–H and O–H groups in total. The van der Waals surface area contributed by atoms with E-state index in [9.17, 15) is 0 Å². The molecule has 0 aliphatic heterocycles. The van der Waals surface area contributed by atoms with E-state index in [1.54, 1.807) is 36.5 Å². The number of nitrogens with zero attached hydrogens (tertiary/aromatic N) is 2. The Kier molecular flexibility index (Phi) is 6.65. The van der Waals surface area contributed by atoms with Crippen molar-refractivity contribution >= 4 is 35.2 Å². The van der Waals surface area contributed by atoms with Gasteiger partial charge in [-0.2, -0.15) is 0 Å². The monoisotopic (exact) mass is 681 g/mol. The van der Waals surface area contributed by atoms with Gasteiger partial charge in [-0.05, 0) is 35.1 Å². The number of fused-ring (bicyclic) bond motifs is 3. The Morgan fingerprint density at radius 3 is 2.38 bits per heavy atom. The minimum absolute atomic E-state index is 0. The fraction of sp³-hybridized carbons (Fsp3) is 0.125. The van der Waals surface area contributed by atoms with Crippen LogP contribution in [-0.2, 0) is 20.1 Å². The smallest absolute Gasteiger partial charge is 0.120 e. The largest absolute Gasteiger partial charge is 0.501 e. The van der Waals surface area contributed by atoms with E-state index >= 15 is 0 Å². The number of rotatable bonds is 3. The van der Waals surface area contributed by atoms with Crippen molar-refractivity contribution in [3.63, 3.8) is 0 Å². The maximum absolute atomic E-state index is 7.84. The third-order valence-electron chi connectivity index (χ3n) is 5.88. The topological polar surface area (TPSA) is 38.9 Å². The fourth-order valence-electron chi connectivity index (χ4n) is 4.11. The molecular weight excluding hydrogens is 649 g/mol.